The summed E-state index contributed by atoms with van der Waals surface area (Å²) in [4.78, 5) is 13.5. The van der Waals surface area contributed by atoms with E-state index in [0.29, 0.717) is 13.2 Å². The molecule has 0 atom stereocenters. The van der Waals surface area contributed by atoms with Gasteiger partial charge in [0.25, 0.3) is 0 Å². The Balaban J connectivity index is 2.26. The topological polar surface area (TPSA) is 41.6 Å². The summed E-state index contributed by atoms with van der Waals surface area (Å²) < 4.78 is 5.70. The number of hydrogen-bond acceptors (Lipinski definition) is 2. The van der Waals surface area contributed by atoms with E-state index in [9.17, 15) is 4.79 Å². The standard InChI is InChI=1S/C18H30N2O2/c1-6-20(7-2)17(21)19-13-8-14-22-16-11-9-15(10-12-16)18(3,4)5/h9-12H,6-8,13-14H2,1-5H3,(H,19,21). The molecule has 0 heterocycles. The first-order chi connectivity index (χ1) is 10.4. The molecule has 4 nitrogen and oxygen atoms in total. The Labute approximate surface area is 134 Å². The first-order valence-corrected chi connectivity index (χ1v) is 8.14. The average Bonchev–Trinajstić information content (AvgIpc) is 2.47. The van der Waals surface area contributed by atoms with E-state index in [1.807, 2.05) is 26.0 Å². The maximum absolute atomic E-state index is 11.7. The van der Waals surface area contributed by atoms with E-state index >= 15 is 0 Å². The van der Waals surface area contributed by atoms with Crippen molar-refractivity contribution in [3.8, 4) is 5.75 Å². The molecule has 124 valence electrons. The van der Waals surface area contributed by atoms with Gasteiger partial charge in [0, 0.05) is 19.6 Å². The molecule has 0 radical (unpaired) electrons. The van der Waals surface area contributed by atoms with Gasteiger partial charge in [-0.3, -0.25) is 0 Å². The summed E-state index contributed by atoms with van der Waals surface area (Å²) in [6.07, 6.45) is 0.800. The minimum absolute atomic E-state index is 0.000435. The highest BCUT2D eigenvalue weighted by Gasteiger charge is 2.13. The van der Waals surface area contributed by atoms with Crippen molar-refractivity contribution >= 4 is 6.03 Å². The van der Waals surface area contributed by atoms with Crippen LogP contribution in [0, 0.1) is 0 Å². The van der Waals surface area contributed by atoms with E-state index in [-0.39, 0.29) is 11.4 Å². The van der Waals surface area contributed by atoms with Crippen molar-refractivity contribution in [2.75, 3.05) is 26.2 Å². The summed E-state index contributed by atoms with van der Waals surface area (Å²) in [7, 11) is 0. The fraction of sp³-hybridized carbons (Fsp3) is 0.611. The second kappa shape index (κ2) is 8.66. The molecule has 0 bridgehead atoms. The smallest absolute Gasteiger partial charge is 0.317 e. The van der Waals surface area contributed by atoms with Crippen LogP contribution in [0.4, 0.5) is 4.79 Å². The monoisotopic (exact) mass is 306 g/mol. The number of rotatable bonds is 7. The van der Waals surface area contributed by atoms with Gasteiger partial charge in [-0.2, -0.15) is 0 Å². The zero-order valence-electron chi connectivity index (χ0n) is 14.6. The predicted octanol–water partition coefficient (Wildman–Crippen LogP) is 3.80. The first-order valence-electron chi connectivity index (χ1n) is 8.14. The highest BCUT2D eigenvalue weighted by Crippen LogP contribution is 2.24. The van der Waals surface area contributed by atoms with Gasteiger partial charge < -0.3 is 15.0 Å². The molecule has 0 aliphatic heterocycles. The lowest BCUT2D eigenvalue weighted by molar-refractivity contribution is 0.202. The van der Waals surface area contributed by atoms with Crippen LogP contribution in [0.25, 0.3) is 0 Å². The van der Waals surface area contributed by atoms with Crippen LogP contribution in [0.1, 0.15) is 46.6 Å². The molecule has 1 N–H and O–H groups in total. The molecule has 0 unspecified atom stereocenters. The SMILES string of the molecule is CCN(CC)C(=O)NCCCOc1ccc(C(C)(C)C)cc1. The van der Waals surface area contributed by atoms with E-state index in [4.69, 9.17) is 4.74 Å². The van der Waals surface area contributed by atoms with Gasteiger partial charge in [0.05, 0.1) is 6.61 Å². The Morgan fingerprint density at radius 1 is 1.14 bits per heavy atom. The number of ether oxygens (including phenoxy) is 1. The summed E-state index contributed by atoms with van der Waals surface area (Å²) in [5, 5.41) is 2.91. The highest BCUT2D eigenvalue weighted by atomic mass is 16.5. The fourth-order valence-electron chi connectivity index (χ4n) is 2.13. The molecule has 1 aromatic carbocycles. The molecule has 0 saturated heterocycles. The summed E-state index contributed by atoms with van der Waals surface area (Å²) >= 11 is 0. The second-order valence-electron chi connectivity index (χ2n) is 6.38. The Morgan fingerprint density at radius 2 is 1.73 bits per heavy atom. The second-order valence-corrected chi connectivity index (χ2v) is 6.38. The maximum atomic E-state index is 11.7. The minimum Gasteiger partial charge on any atom is -0.494 e. The molecule has 2 amide bonds. The van der Waals surface area contributed by atoms with E-state index in [1.165, 1.54) is 5.56 Å². The molecule has 1 rings (SSSR count). The maximum Gasteiger partial charge on any atom is 0.317 e. The van der Waals surface area contributed by atoms with Gasteiger partial charge in [-0.05, 0) is 43.4 Å². The van der Waals surface area contributed by atoms with Gasteiger partial charge in [-0.1, -0.05) is 32.9 Å². The van der Waals surface area contributed by atoms with Crippen LogP contribution in [0.15, 0.2) is 24.3 Å². The molecular formula is C18H30N2O2. The lowest BCUT2D eigenvalue weighted by atomic mass is 9.87. The van der Waals surface area contributed by atoms with Gasteiger partial charge in [0.2, 0.25) is 0 Å². The van der Waals surface area contributed by atoms with Crippen LogP contribution in [0.2, 0.25) is 0 Å². The molecule has 22 heavy (non-hydrogen) atoms. The summed E-state index contributed by atoms with van der Waals surface area (Å²) in [5.74, 6) is 0.878. The number of carbonyl (C=O) groups is 1. The number of amides is 2. The van der Waals surface area contributed by atoms with Crippen molar-refractivity contribution in [3.05, 3.63) is 29.8 Å². The van der Waals surface area contributed by atoms with Gasteiger partial charge in [0.15, 0.2) is 0 Å². The van der Waals surface area contributed by atoms with Gasteiger partial charge in [-0.25, -0.2) is 4.79 Å². The number of nitrogens with one attached hydrogen (secondary N) is 1. The van der Waals surface area contributed by atoms with Crippen molar-refractivity contribution in [1.82, 2.24) is 10.2 Å². The number of urea groups is 1. The van der Waals surface area contributed by atoms with E-state index < -0.39 is 0 Å². The zero-order chi connectivity index (χ0) is 16.6. The van der Waals surface area contributed by atoms with Crippen LogP contribution in [0.5, 0.6) is 5.75 Å². The van der Waals surface area contributed by atoms with Crippen LogP contribution in [0.3, 0.4) is 0 Å². The largest absolute Gasteiger partial charge is 0.494 e. The number of nitrogens with zero attached hydrogens (tertiary/aromatic N) is 1. The Bertz CT molecular complexity index is 445. The normalized spacial score (nSPS) is 11.1. The van der Waals surface area contributed by atoms with Crippen LogP contribution in [-0.4, -0.2) is 37.2 Å². The van der Waals surface area contributed by atoms with Crippen LogP contribution in [-0.2, 0) is 5.41 Å². The Kier molecular flexibility index (Phi) is 7.22. The van der Waals surface area contributed by atoms with Crippen molar-refractivity contribution in [1.29, 1.82) is 0 Å². The Hall–Kier alpha value is -1.71. The number of hydrogen-bond donors (Lipinski definition) is 1. The van der Waals surface area contributed by atoms with E-state index in [1.54, 1.807) is 4.90 Å². The quantitative estimate of drug-likeness (QED) is 0.778. The highest BCUT2D eigenvalue weighted by molar-refractivity contribution is 5.73. The lowest BCUT2D eigenvalue weighted by Gasteiger charge is -2.19. The molecule has 0 aliphatic rings. The molecule has 0 saturated carbocycles. The first kappa shape index (κ1) is 18.3. The predicted molar refractivity (Wildman–Crippen MR) is 91.6 cm³/mol. The molecule has 0 spiro atoms. The number of carbonyl (C=O) groups excluding carboxylic acids is 1. The summed E-state index contributed by atoms with van der Waals surface area (Å²) in [5.41, 5.74) is 1.46. The van der Waals surface area contributed by atoms with Gasteiger partial charge in [-0.15, -0.1) is 0 Å². The van der Waals surface area contributed by atoms with Crippen molar-refractivity contribution in [3.63, 3.8) is 0 Å². The molecule has 0 aromatic heterocycles. The molecule has 1 aromatic rings. The Morgan fingerprint density at radius 3 is 2.23 bits per heavy atom. The minimum atomic E-state index is -0.000435. The molecule has 0 aliphatic carbocycles. The summed E-state index contributed by atoms with van der Waals surface area (Å²) in [6, 6.07) is 8.23. The lowest BCUT2D eigenvalue weighted by Crippen LogP contribution is -2.40. The van der Waals surface area contributed by atoms with Gasteiger partial charge >= 0.3 is 6.03 Å². The van der Waals surface area contributed by atoms with Crippen LogP contribution < -0.4 is 10.1 Å². The average molecular weight is 306 g/mol. The molecule has 0 fully saturated rings. The summed E-state index contributed by atoms with van der Waals surface area (Å²) in [6.45, 7) is 13.3. The molecule has 4 heteroatoms. The van der Waals surface area contributed by atoms with Crippen LogP contribution >= 0.6 is 0 Å². The van der Waals surface area contributed by atoms with Gasteiger partial charge in [0.1, 0.15) is 5.75 Å². The third-order valence-electron chi connectivity index (χ3n) is 3.64. The molecular weight excluding hydrogens is 276 g/mol. The van der Waals surface area contributed by atoms with Crippen molar-refractivity contribution < 1.29 is 9.53 Å². The fourth-order valence-corrected chi connectivity index (χ4v) is 2.13. The van der Waals surface area contributed by atoms with Crippen molar-refractivity contribution in [2.24, 2.45) is 0 Å². The van der Waals surface area contributed by atoms with E-state index in [0.717, 1.165) is 25.3 Å². The van der Waals surface area contributed by atoms with Crippen molar-refractivity contribution in [2.45, 2.75) is 46.5 Å². The third kappa shape index (κ3) is 5.96. The third-order valence-corrected chi connectivity index (χ3v) is 3.64. The zero-order valence-corrected chi connectivity index (χ0v) is 14.6. The number of benzene rings is 1. The van der Waals surface area contributed by atoms with E-state index in [2.05, 4.69) is 38.2 Å².